The molecule has 172 valence electrons. The van der Waals surface area contributed by atoms with Gasteiger partial charge in [-0.05, 0) is 45.4 Å². The van der Waals surface area contributed by atoms with Gasteiger partial charge in [0.1, 0.15) is 5.76 Å². The van der Waals surface area contributed by atoms with Crippen LogP contribution in [0.25, 0.3) is 0 Å². The Morgan fingerprint density at radius 2 is 1.97 bits per heavy atom. The molecule has 0 saturated carbocycles. The second-order valence-electron chi connectivity index (χ2n) is 7.45. The van der Waals surface area contributed by atoms with Crippen LogP contribution in [0, 0.1) is 0 Å². The molecule has 2 aliphatic rings. The molecule has 8 nitrogen and oxygen atoms in total. The van der Waals surface area contributed by atoms with Crippen molar-refractivity contribution in [3.05, 3.63) is 24.2 Å². The number of halogens is 3. The molecular weight excluding hydrogens is 429 g/mol. The first-order valence-electron chi connectivity index (χ1n) is 9.53. The molecule has 3 heterocycles. The minimum atomic E-state index is -5.08. The smallest absolute Gasteiger partial charge is 0.475 e. The number of furan rings is 1. The summed E-state index contributed by atoms with van der Waals surface area (Å²) in [5.74, 6) is -1.63. The number of carboxylic acid groups (broad SMARTS) is 1. The number of piperidine rings is 1. The van der Waals surface area contributed by atoms with Crippen LogP contribution in [0.15, 0.2) is 22.8 Å². The predicted octanol–water partition coefficient (Wildman–Crippen LogP) is 2.32. The Kier molecular flexibility index (Phi) is 7.94. The minimum absolute atomic E-state index is 0.151. The second-order valence-corrected chi connectivity index (χ2v) is 9.71. The lowest BCUT2D eigenvalue weighted by molar-refractivity contribution is -0.192. The summed E-state index contributed by atoms with van der Waals surface area (Å²) >= 11 is 0. The van der Waals surface area contributed by atoms with Crippen molar-refractivity contribution in [3.8, 4) is 0 Å². The fourth-order valence-corrected chi connectivity index (χ4v) is 4.69. The lowest BCUT2D eigenvalue weighted by atomic mass is 9.88. The maximum absolute atomic E-state index is 12.0. The molecule has 1 aromatic heterocycles. The van der Waals surface area contributed by atoms with Crippen LogP contribution in [0.4, 0.5) is 13.2 Å². The largest absolute Gasteiger partial charge is 0.490 e. The number of ether oxygens (including phenoxy) is 1. The first-order valence-corrected chi connectivity index (χ1v) is 11.1. The third kappa shape index (κ3) is 6.43. The fraction of sp³-hybridized carbons (Fsp3) is 0.722. The van der Waals surface area contributed by atoms with E-state index in [-0.39, 0.29) is 11.4 Å². The number of aliphatic carboxylic acids is 1. The van der Waals surface area contributed by atoms with Crippen molar-refractivity contribution in [2.75, 3.05) is 32.5 Å². The highest BCUT2D eigenvalue weighted by atomic mass is 32.2. The highest BCUT2D eigenvalue weighted by Crippen LogP contribution is 2.38. The van der Waals surface area contributed by atoms with E-state index >= 15 is 0 Å². The molecule has 1 aromatic rings. The van der Waals surface area contributed by atoms with Gasteiger partial charge in [0.05, 0.1) is 30.8 Å². The molecule has 2 saturated heterocycles. The van der Waals surface area contributed by atoms with E-state index in [0.717, 1.165) is 31.6 Å². The van der Waals surface area contributed by atoms with Crippen LogP contribution >= 0.6 is 0 Å². The van der Waals surface area contributed by atoms with Gasteiger partial charge in [0.25, 0.3) is 0 Å². The summed E-state index contributed by atoms with van der Waals surface area (Å²) in [4.78, 5) is 11.2. The maximum Gasteiger partial charge on any atom is 0.490 e. The molecule has 12 heteroatoms. The molecule has 1 N–H and O–H groups in total. The Labute approximate surface area is 173 Å². The van der Waals surface area contributed by atoms with Crippen molar-refractivity contribution in [3.63, 3.8) is 0 Å². The molecular formula is C18H27F3N2O6S. The Morgan fingerprint density at radius 3 is 2.43 bits per heavy atom. The van der Waals surface area contributed by atoms with E-state index in [4.69, 9.17) is 19.1 Å². The van der Waals surface area contributed by atoms with Crippen molar-refractivity contribution in [1.82, 2.24) is 9.21 Å². The zero-order chi connectivity index (χ0) is 22.6. The summed E-state index contributed by atoms with van der Waals surface area (Å²) in [5.41, 5.74) is -0.151. The van der Waals surface area contributed by atoms with Gasteiger partial charge in [-0.1, -0.05) is 0 Å². The topological polar surface area (TPSA) is 100 Å². The Hall–Kier alpha value is -1.63. The zero-order valence-corrected chi connectivity index (χ0v) is 17.7. The zero-order valence-electron chi connectivity index (χ0n) is 16.9. The molecule has 0 amide bonds. The number of hydrogen-bond acceptors (Lipinski definition) is 6. The van der Waals surface area contributed by atoms with Gasteiger partial charge < -0.3 is 14.3 Å². The number of nitrogens with zero attached hydrogens (tertiary/aromatic N) is 2. The third-order valence-corrected chi connectivity index (χ3v) is 7.31. The molecule has 1 unspecified atom stereocenters. The summed E-state index contributed by atoms with van der Waals surface area (Å²) in [7, 11) is -0.987. The van der Waals surface area contributed by atoms with E-state index in [0.29, 0.717) is 25.7 Å². The van der Waals surface area contributed by atoms with E-state index in [9.17, 15) is 21.6 Å². The molecule has 2 fully saturated rings. The summed E-state index contributed by atoms with van der Waals surface area (Å²) < 4.78 is 68.8. The number of rotatable bonds is 5. The van der Waals surface area contributed by atoms with Gasteiger partial charge in [-0.2, -0.15) is 13.2 Å². The van der Waals surface area contributed by atoms with Crippen molar-refractivity contribution >= 4 is 16.0 Å². The number of hydrogen-bond donors (Lipinski definition) is 1. The number of likely N-dealkylation sites (N-methyl/N-ethyl adjacent to an activating group) is 1. The van der Waals surface area contributed by atoms with E-state index in [1.807, 2.05) is 12.1 Å². The highest BCUT2D eigenvalue weighted by Gasteiger charge is 2.45. The van der Waals surface area contributed by atoms with Gasteiger partial charge in [0.15, 0.2) is 0 Å². The quantitative estimate of drug-likeness (QED) is 0.726. The normalized spacial score (nSPS) is 22.1. The van der Waals surface area contributed by atoms with Crippen molar-refractivity contribution in [2.24, 2.45) is 0 Å². The fourth-order valence-electron chi connectivity index (χ4n) is 3.58. The molecule has 30 heavy (non-hydrogen) atoms. The minimum Gasteiger partial charge on any atom is -0.475 e. The Morgan fingerprint density at radius 1 is 1.37 bits per heavy atom. The summed E-state index contributed by atoms with van der Waals surface area (Å²) in [6, 6.07) is 4.24. The monoisotopic (exact) mass is 456 g/mol. The molecule has 0 radical (unpaired) electrons. The number of carboxylic acids is 1. The average molecular weight is 456 g/mol. The number of sulfonamides is 1. The van der Waals surface area contributed by atoms with E-state index < -0.39 is 22.2 Å². The summed E-state index contributed by atoms with van der Waals surface area (Å²) in [6.45, 7) is 4.33. The lowest BCUT2D eigenvalue weighted by Crippen LogP contribution is -2.47. The van der Waals surface area contributed by atoms with Crippen molar-refractivity contribution in [1.29, 1.82) is 0 Å². The standard InChI is InChI=1S/C16H26N2O4S.C2HF3O2/c1-3-23(19,20)18-8-6-16(7-9-18)11-14(13-22-16)17(2)12-15-5-4-10-21-15;3-2(4,5)1(6)7/h4-5,10,14H,3,6-9,11-13H2,1-2H3;(H,6,7). The van der Waals surface area contributed by atoms with Gasteiger partial charge in [-0.3, -0.25) is 4.90 Å². The van der Waals surface area contributed by atoms with Crippen LogP contribution in [0.3, 0.4) is 0 Å². The Balaban J connectivity index is 0.000000396. The second kappa shape index (κ2) is 9.67. The molecule has 1 atom stereocenters. The molecule has 0 aromatic carbocycles. The van der Waals surface area contributed by atoms with Crippen LogP contribution in [0.1, 0.15) is 31.9 Å². The van der Waals surface area contributed by atoms with Crippen LogP contribution in [0.5, 0.6) is 0 Å². The van der Waals surface area contributed by atoms with Gasteiger partial charge in [0.2, 0.25) is 10.0 Å². The van der Waals surface area contributed by atoms with Crippen LogP contribution in [0.2, 0.25) is 0 Å². The summed E-state index contributed by atoms with van der Waals surface area (Å²) in [6.07, 6.45) is -0.849. The number of alkyl halides is 3. The van der Waals surface area contributed by atoms with E-state index in [1.54, 1.807) is 17.5 Å². The van der Waals surface area contributed by atoms with Gasteiger partial charge in [-0.25, -0.2) is 17.5 Å². The maximum atomic E-state index is 12.0. The van der Waals surface area contributed by atoms with Crippen LogP contribution in [-0.4, -0.2) is 79.0 Å². The predicted molar refractivity (Wildman–Crippen MR) is 101 cm³/mol. The molecule has 1 spiro atoms. The average Bonchev–Trinajstić information content (AvgIpc) is 3.32. The molecule has 3 rings (SSSR count). The van der Waals surface area contributed by atoms with Gasteiger partial charge in [-0.15, -0.1) is 0 Å². The first-order chi connectivity index (χ1) is 13.9. The van der Waals surface area contributed by atoms with Crippen molar-refractivity contribution in [2.45, 2.75) is 50.6 Å². The highest BCUT2D eigenvalue weighted by molar-refractivity contribution is 7.89. The molecule has 0 bridgehead atoms. The molecule has 2 aliphatic heterocycles. The van der Waals surface area contributed by atoms with E-state index in [1.165, 1.54) is 0 Å². The first kappa shape index (κ1) is 24.6. The van der Waals surface area contributed by atoms with Crippen LogP contribution < -0.4 is 0 Å². The number of carbonyl (C=O) groups is 1. The Bertz CT molecular complexity index is 789. The van der Waals surface area contributed by atoms with Gasteiger partial charge >= 0.3 is 12.1 Å². The lowest BCUT2D eigenvalue weighted by Gasteiger charge is -2.38. The van der Waals surface area contributed by atoms with Crippen LogP contribution in [-0.2, 0) is 26.1 Å². The summed E-state index contributed by atoms with van der Waals surface area (Å²) in [5, 5.41) is 7.12. The van der Waals surface area contributed by atoms with E-state index in [2.05, 4.69) is 11.9 Å². The van der Waals surface area contributed by atoms with Gasteiger partial charge in [0, 0.05) is 19.1 Å². The third-order valence-electron chi connectivity index (χ3n) is 5.43. The molecule has 0 aliphatic carbocycles. The van der Waals surface area contributed by atoms with Crippen molar-refractivity contribution < 1.29 is 40.6 Å². The SMILES string of the molecule is CCS(=O)(=O)N1CCC2(CC1)CC(N(C)Cc1ccco1)CO2.O=C(O)C(F)(F)F.